The van der Waals surface area contributed by atoms with Crippen molar-refractivity contribution in [2.45, 2.75) is 33.1 Å². The molecule has 0 aliphatic rings. The molecule has 0 amide bonds. The summed E-state index contributed by atoms with van der Waals surface area (Å²) >= 11 is 0. The van der Waals surface area contributed by atoms with E-state index in [1.54, 1.807) is 12.1 Å². The standard InChI is InChI=1S/C16H21FN4/c1-10(2)15-20-14(18)11(3)16(21-15)19-9-8-12-4-6-13(17)7-5-12/h4-7,10H,8-9H2,1-3H3,(H3,18,19,20,21). The van der Waals surface area contributed by atoms with E-state index < -0.39 is 0 Å². The summed E-state index contributed by atoms with van der Waals surface area (Å²) in [7, 11) is 0. The van der Waals surface area contributed by atoms with E-state index in [1.165, 1.54) is 12.1 Å². The number of nitrogen functional groups attached to an aromatic ring is 1. The summed E-state index contributed by atoms with van der Waals surface area (Å²) in [5.74, 6) is 2.03. The molecule has 0 saturated heterocycles. The summed E-state index contributed by atoms with van der Waals surface area (Å²) in [6, 6.07) is 6.52. The summed E-state index contributed by atoms with van der Waals surface area (Å²) in [6.07, 6.45) is 0.792. The summed E-state index contributed by atoms with van der Waals surface area (Å²) in [5, 5.41) is 3.29. The van der Waals surface area contributed by atoms with Gasteiger partial charge in [-0.05, 0) is 31.0 Å². The van der Waals surface area contributed by atoms with Gasteiger partial charge in [0, 0.05) is 18.0 Å². The molecule has 21 heavy (non-hydrogen) atoms. The molecular weight excluding hydrogens is 267 g/mol. The van der Waals surface area contributed by atoms with Crippen molar-refractivity contribution in [2.24, 2.45) is 0 Å². The Morgan fingerprint density at radius 2 is 1.86 bits per heavy atom. The number of anilines is 2. The number of aromatic nitrogens is 2. The minimum atomic E-state index is -0.215. The van der Waals surface area contributed by atoms with E-state index in [0.29, 0.717) is 12.4 Å². The summed E-state index contributed by atoms with van der Waals surface area (Å²) in [5.41, 5.74) is 7.86. The smallest absolute Gasteiger partial charge is 0.135 e. The van der Waals surface area contributed by atoms with Crippen LogP contribution in [0.2, 0.25) is 0 Å². The molecule has 112 valence electrons. The molecule has 0 unspecified atom stereocenters. The van der Waals surface area contributed by atoms with Crippen LogP contribution in [0.15, 0.2) is 24.3 Å². The maximum absolute atomic E-state index is 12.8. The Morgan fingerprint density at radius 1 is 1.19 bits per heavy atom. The van der Waals surface area contributed by atoms with Gasteiger partial charge < -0.3 is 11.1 Å². The first-order valence-electron chi connectivity index (χ1n) is 7.09. The molecule has 3 N–H and O–H groups in total. The van der Waals surface area contributed by atoms with Crippen molar-refractivity contribution >= 4 is 11.6 Å². The lowest BCUT2D eigenvalue weighted by Crippen LogP contribution is -2.12. The normalized spacial score (nSPS) is 10.9. The Hall–Kier alpha value is -2.17. The maximum Gasteiger partial charge on any atom is 0.135 e. The molecule has 0 aliphatic heterocycles. The number of nitrogens with one attached hydrogen (secondary N) is 1. The van der Waals surface area contributed by atoms with Crippen molar-refractivity contribution in [3.8, 4) is 0 Å². The molecule has 1 aromatic carbocycles. The zero-order chi connectivity index (χ0) is 15.4. The van der Waals surface area contributed by atoms with E-state index in [0.717, 1.165) is 29.2 Å². The van der Waals surface area contributed by atoms with Crippen LogP contribution >= 0.6 is 0 Å². The fourth-order valence-corrected chi connectivity index (χ4v) is 1.96. The van der Waals surface area contributed by atoms with Crippen LogP contribution in [0.25, 0.3) is 0 Å². The predicted octanol–water partition coefficient (Wildman–Crippen LogP) is 3.28. The number of nitrogens with two attached hydrogens (primary N) is 1. The third kappa shape index (κ3) is 3.90. The molecule has 0 saturated carbocycles. The highest BCUT2D eigenvalue weighted by atomic mass is 19.1. The second-order valence-corrected chi connectivity index (χ2v) is 5.40. The Kier molecular flexibility index (Phi) is 4.73. The van der Waals surface area contributed by atoms with Crippen LogP contribution in [0.1, 0.15) is 36.7 Å². The lowest BCUT2D eigenvalue weighted by molar-refractivity contribution is 0.627. The van der Waals surface area contributed by atoms with E-state index in [9.17, 15) is 4.39 Å². The van der Waals surface area contributed by atoms with Crippen LogP contribution in [-0.2, 0) is 6.42 Å². The van der Waals surface area contributed by atoms with Gasteiger partial charge in [0.25, 0.3) is 0 Å². The quantitative estimate of drug-likeness (QED) is 0.886. The fourth-order valence-electron chi connectivity index (χ4n) is 1.96. The monoisotopic (exact) mass is 288 g/mol. The minimum Gasteiger partial charge on any atom is -0.383 e. The van der Waals surface area contributed by atoms with E-state index in [1.807, 2.05) is 20.8 Å². The largest absolute Gasteiger partial charge is 0.383 e. The Labute approximate surface area is 124 Å². The summed E-state index contributed by atoms with van der Waals surface area (Å²) < 4.78 is 12.8. The van der Waals surface area contributed by atoms with Gasteiger partial charge >= 0.3 is 0 Å². The van der Waals surface area contributed by atoms with Crippen molar-refractivity contribution in [3.63, 3.8) is 0 Å². The van der Waals surface area contributed by atoms with E-state index >= 15 is 0 Å². The second-order valence-electron chi connectivity index (χ2n) is 5.40. The van der Waals surface area contributed by atoms with Crippen molar-refractivity contribution in [2.75, 3.05) is 17.6 Å². The topological polar surface area (TPSA) is 63.8 Å². The third-order valence-electron chi connectivity index (χ3n) is 3.34. The van der Waals surface area contributed by atoms with Gasteiger partial charge in [0.2, 0.25) is 0 Å². The van der Waals surface area contributed by atoms with Crippen molar-refractivity contribution in [3.05, 3.63) is 47.0 Å². The molecule has 4 nitrogen and oxygen atoms in total. The molecule has 1 aromatic heterocycles. The number of halogens is 1. The van der Waals surface area contributed by atoms with Crippen LogP contribution in [0, 0.1) is 12.7 Å². The van der Waals surface area contributed by atoms with Gasteiger partial charge in [-0.3, -0.25) is 0 Å². The van der Waals surface area contributed by atoms with Crippen molar-refractivity contribution in [1.29, 1.82) is 0 Å². The molecule has 0 bridgehead atoms. The van der Waals surface area contributed by atoms with Gasteiger partial charge in [0.1, 0.15) is 23.3 Å². The fraction of sp³-hybridized carbons (Fsp3) is 0.375. The Balaban J connectivity index is 2.04. The lowest BCUT2D eigenvalue weighted by atomic mass is 10.1. The number of benzene rings is 1. The first-order chi connectivity index (χ1) is 9.97. The van der Waals surface area contributed by atoms with Gasteiger partial charge in [-0.1, -0.05) is 26.0 Å². The van der Waals surface area contributed by atoms with Crippen LogP contribution in [0.5, 0.6) is 0 Å². The van der Waals surface area contributed by atoms with Gasteiger partial charge in [-0.15, -0.1) is 0 Å². The molecule has 0 atom stereocenters. The van der Waals surface area contributed by atoms with E-state index in [-0.39, 0.29) is 11.7 Å². The van der Waals surface area contributed by atoms with E-state index in [2.05, 4.69) is 15.3 Å². The molecule has 1 heterocycles. The molecule has 0 fully saturated rings. The van der Waals surface area contributed by atoms with Gasteiger partial charge in [0.15, 0.2) is 0 Å². The molecule has 0 aliphatic carbocycles. The molecule has 5 heteroatoms. The highest BCUT2D eigenvalue weighted by molar-refractivity contribution is 5.55. The number of rotatable bonds is 5. The predicted molar refractivity (Wildman–Crippen MR) is 83.9 cm³/mol. The van der Waals surface area contributed by atoms with Crippen LogP contribution in [-0.4, -0.2) is 16.5 Å². The molecule has 0 spiro atoms. The zero-order valence-electron chi connectivity index (χ0n) is 12.7. The van der Waals surface area contributed by atoms with Gasteiger partial charge in [-0.2, -0.15) is 0 Å². The van der Waals surface area contributed by atoms with E-state index in [4.69, 9.17) is 5.73 Å². The number of hydrogen-bond donors (Lipinski definition) is 2. The van der Waals surface area contributed by atoms with Crippen molar-refractivity contribution in [1.82, 2.24) is 9.97 Å². The lowest BCUT2D eigenvalue weighted by Gasteiger charge is -2.13. The summed E-state index contributed by atoms with van der Waals surface area (Å²) in [4.78, 5) is 8.81. The molecule has 0 radical (unpaired) electrons. The van der Waals surface area contributed by atoms with Crippen molar-refractivity contribution < 1.29 is 4.39 Å². The molecule has 2 rings (SSSR count). The maximum atomic E-state index is 12.8. The zero-order valence-corrected chi connectivity index (χ0v) is 12.7. The number of nitrogens with zero attached hydrogens (tertiary/aromatic N) is 2. The minimum absolute atomic E-state index is 0.215. The number of hydrogen-bond acceptors (Lipinski definition) is 4. The highest BCUT2D eigenvalue weighted by Gasteiger charge is 2.10. The van der Waals surface area contributed by atoms with Crippen LogP contribution in [0.3, 0.4) is 0 Å². The second kappa shape index (κ2) is 6.52. The Morgan fingerprint density at radius 3 is 2.48 bits per heavy atom. The highest BCUT2D eigenvalue weighted by Crippen LogP contribution is 2.20. The van der Waals surface area contributed by atoms with Gasteiger partial charge in [-0.25, -0.2) is 14.4 Å². The molecule has 2 aromatic rings. The Bertz CT molecular complexity index is 608. The van der Waals surface area contributed by atoms with Crippen LogP contribution in [0.4, 0.5) is 16.0 Å². The molecular formula is C16H21FN4. The van der Waals surface area contributed by atoms with Gasteiger partial charge in [0.05, 0.1) is 0 Å². The SMILES string of the molecule is Cc1c(N)nc(C(C)C)nc1NCCc1ccc(F)cc1. The summed E-state index contributed by atoms with van der Waals surface area (Å²) in [6.45, 7) is 6.68. The first kappa shape index (κ1) is 15.2. The average Bonchev–Trinajstić information content (AvgIpc) is 2.45. The average molecular weight is 288 g/mol. The first-order valence-corrected chi connectivity index (χ1v) is 7.09. The van der Waals surface area contributed by atoms with Crippen LogP contribution < -0.4 is 11.1 Å². The third-order valence-corrected chi connectivity index (χ3v) is 3.34.